The summed E-state index contributed by atoms with van der Waals surface area (Å²) < 4.78 is 5.37. The molecule has 1 atom stereocenters. The summed E-state index contributed by atoms with van der Waals surface area (Å²) in [6.45, 7) is 7.47. The standard InChI is InChI=1S/C16H25N3O2/c1-12-10-17-18-14(12)16(2)6-3-7-19(11-16)15(20)13-4-8-21-9-5-13/h10,13H,3-9,11H2,1-2H3,(H,17,18)/t16-/m1/s1. The summed E-state index contributed by atoms with van der Waals surface area (Å²) >= 11 is 0. The van der Waals surface area contributed by atoms with Gasteiger partial charge in [0.1, 0.15) is 0 Å². The smallest absolute Gasteiger partial charge is 0.225 e. The van der Waals surface area contributed by atoms with Crippen molar-refractivity contribution in [2.45, 2.75) is 44.9 Å². The van der Waals surface area contributed by atoms with Crippen LogP contribution in [0.5, 0.6) is 0 Å². The second kappa shape index (κ2) is 5.79. The van der Waals surface area contributed by atoms with Gasteiger partial charge in [0.25, 0.3) is 0 Å². The molecule has 5 heteroatoms. The van der Waals surface area contributed by atoms with E-state index in [1.807, 2.05) is 6.20 Å². The molecule has 116 valence electrons. The van der Waals surface area contributed by atoms with Crippen LogP contribution in [0.1, 0.15) is 43.9 Å². The second-order valence-corrected chi connectivity index (χ2v) is 6.74. The Morgan fingerprint density at radius 2 is 2.24 bits per heavy atom. The fourth-order valence-corrected chi connectivity index (χ4v) is 3.79. The number of nitrogens with zero attached hydrogens (tertiary/aromatic N) is 2. The van der Waals surface area contributed by atoms with E-state index in [0.717, 1.165) is 52.0 Å². The Balaban J connectivity index is 1.73. The summed E-state index contributed by atoms with van der Waals surface area (Å²) in [4.78, 5) is 14.8. The Morgan fingerprint density at radius 1 is 1.48 bits per heavy atom. The van der Waals surface area contributed by atoms with Gasteiger partial charge < -0.3 is 9.64 Å². The van der Waals surface area contributed by atoms with E-state index in [4.69, 9.17) is 4.74 Å². The van der Waals surface area contributed by atoms with E-state index in [2.05, 4.69) is 28.9 Å². The molecule has 3 rings (SSSR count). The lowest BCUT2D eigenvalue weighted by Gasteiger charge is -2.42. The highest BCUT2D eigenvalue weighted by molar-refractivity contribution is 5.79. The number of hydrogen-bond donors (Lipinski definition) is 1. The quantitative estimate of drug-likeness (QED) is 0.907. The molecule has 5 nitrogen and oxygen atoms in total. The summed E-state index contributed by atoms with van der Waals surface area (Å²) in [6.07, 6.45) is 5.78. The molecule has 0 radical (unpaired) electrons. The summed E-state index contributed by atoms with van der Waals surface area (Å²) in [5, 5.41) is 7.30. The molecule has 2 saturated heterocycles. The van der Waals surface area contributed by atoms with Gasteiger partial charge in [0.05, 0.1) is 6.20 Å². The number of ether oxygens (including phenoxy) is 1. The van der Waals surface area contributed by atoms with Crippen LogP contribution in [0.3, 0.4) is 0 Å². The van der Waals surface area contributed by atoms with Gasteiger partial charge in [-0.05, 0) is 38.2 Å². The van der Waals surface area contributed by atoms with E-state index in [0.29, 0.717) is 5.91 Å². The van der Waals surface area contributed by atoms with Gasteiger partial charge in [-0.15, -0.1) is 0 Å². The van der Waals surface area contributed by atoms with E-state index < -0.39 is 0 Å². The second-order valence-electron chi connectivity index (χ2n) is 6.74. The Bertz CT molecular complexity index is 507. The van der Waals surface area contributed by atoms with Crippen LogP contribution in [0, 0.1) is 12.8 Å². The van der Waals surface area contributed by atoms with Crippen molar-refractivity contribution in [3.8, 4) is 0 Å². The fraction of sp³-hybridized carbons (Fsp3) is 0.750. The molecule has 0 bridgehead atoms. The molecule has 2 aliphatic rings. The van der Waals surface area contributed by atoms with Gasteiger partial charge in [-0.1, -0.05) is 6.92 Å². The van der Waals surface area contributed by atoms with E-state index in [1.165, 1.54) is 11.3 Å². The molecule has 1 amide bonds. The zero-order chi connectivity index (χ0) is 14.9. The average Bonchev–Trinajstić information content (AvgIpc) is 2.94. The molecule has 0 aromatic carbocycles. The maximum Gasteiger partial charge on any atom is 0.225 e. The largest absolute Gasteiger partial charge is 0.381 e. The first-order chi connectivity index (χ1) is 10.1. The minimum atomic E-state index is -0.000337. The topological polar surface area (TPSA) is 58.2 Å². The van der Waals surface area contributed by atoms with Crippen molar-refractivity contribution in [2.75, 3.05) is 26.3 Å². The zero-order valence-corrected chi connectivity index (χ0v) is 13.0. The van der Waals surface area contributed by atoms with Gasteiger partial charge in [0.2, 0.25) is 5.91 Å². The van der Waals surface area contributed by atoms with Crippen LogP contribution in [0.4, 0.5) is 0 Å². The number of carbonyl (C=O) groups excluding carboxylic acids is 1. The lowest BCUT2D eigenvalue weighted by molar-refractivity contribution is -0.140. The van der Waals surface area contributed by atoms with Gasteiger partial charge in [0.15, 0.2) is 0 Å². The highest BCUT2D eigenvalue weighted by Gasteiger charge is 2.38. The van der Waals surface area contributed by atoms with Crippen LogP contribution >= 0.6 is 0 Å². The molecule has 1 aromatic rings. The molecular weight excluding hydrogens is 266 g/mol. The Kier molecular flexibility index (Phi) is 4.02. The fourth-order valence-electron chi connectivity index (χ4n) is 3.79. The average molecular weight is 291 g/mol. The number of nitrogens with one attached hydrogen (secondary N) is 1. The molecule has 0 unspecified atom stereocenters. The molecule has 2 aliphatic heterocycles. The van der Waals surface area contributed by atoms with Gasteiger partial charge in [-0.3, -0.25) is 9.89 Å². The Hall–Kier alpha value is -1.36. The van der Waals surface area contributed by atoms with Crippen molar-refractivity contribution >= 4 is 5.91 Å². The van der Waals surface area contributed by atoms with Gasteiger partial charge >= 0.3 is 0 Å². The summed E-state index contributed by atoms with van der Waals surface area (Å²) in [6, 6.07) is 0. The summed E-state index contributed by atoms with van der Waals surface area (Å²) in [5.41, 5.74) is 2.38. The lowest BCUT2D eigenvalue weighted by Crippen LogP contribution is -2.50. The first-order valence-corrected chi connectivity index (χ1v) is 7.97. The van der Waals surface area contributed by atoms with Crippen LogP contribution < -0.4 is 0 Å². The van der Waals surface area contributed by atoms with Crippen LogP contribution in [0.2, 0.25) is 0 Å². The van der Waals surface area contributed by atoms with Gasteiger partial charge in [0, 0.05) is 43.3 Å². The third-order valence-electron chi connectivity index (χ3n) is 5.01. The SMILES string of the molecule is Cc1cn[nH]c1[C@]1(C)CCCN(C(=O)C2CCOCC2)C1. The molecule has 0 spiro atoms. The minimum Gasteiger partial charge on any atom is -0.381 e. The predicted molar refractivity (Wildman–Crippen MR) is 80.0 cm³/mol. The number of aromatic amines is 1. The van der Waals surface area contributed by atoms with E-state index in [9.17, 15) is 4.79 Å². The van der Waals surface area contributed by atoms with Crippen LogP contribution in [-0.4, -0.2) is 47.3 Å². The van der Waals surface area contributed by atoms with Gasteiger partial charge in [-0.25, -0.2) is 0 Å². The van der Waals surface area contributed by atoms with E-state index in [1.54, 1.807) is 0 Å². The summed E-state index contributed by atoms with van der Waals surface area (Å²) in [5.74, 6) is 0.477. The molecule has 3 heterocycles. The van der Waals surface area contributed by atoms with Crippen molar-refractivity contribution in [1.82, 2.24) is 15.1 Å². The maximum atomic E-state index is 12.7. The third-order valence-corrected chi connectivity index (χ3v) is 5.01. The molecule has 1 N–H and O–H groups in total. The number of hydrogen-bond acceptors (Lipinski definition) is 3. The Labute approximate surface area is 126 Å². The highest BCUT2D eigenvalue weighted by atomic mass is 16.5. The highest BCUT2D eigenvalue weighted by Crippen LogP contribution is 2.35. The zero-order valence-electron chi connectivity index (χ0n) is 13.0. The lowest BCUT2D eigenvalue weighted by atomic mass is 9.77. The van der Waals surface area contributed by atoms with Crippen molar-refractivity contribution in [3.63, 3.8) is 0 Å². The molecular formula is C16H25N3O2. The van der Waals surface area contributed by atoms with Crippen molar-refractivity contribution < 1.29 is 9.53 Å². The van der Waals surface area contributed by atoms with Gasteiger partial charge in [-0.2, -0.15) is 5.10 Å². The molecule has 0 saturated carbocycles. The normalized spacial score (nSPS) is 27.8. The molecule has 21 heavy (non-hydrogen) atoms. The van der Waals surface area contributed by atoms with E-state index >= 15 is 0 Å². The van der Waals surface area contributed by atoms with Crippen LogP contribution in [-0.2, 0) is 14.9 Å². The monoisotopic (exact) mass is 291 g/mol. The molecule has 0 aliphatic carbocycles. The number of rotatable bonds is 2. The number of aryl methyl sites for hydroxylation is 1. The number of H-pyrrole nitrogens is 1. The van der Waals surface area contributed by atoms with Crippen LogP contribution in [0.15, 0.2) is 6.20 Å². The minimum absolute atomic E-state index is 0.000337. The predicted octanol–water partition coefficient (Wildman–Crippen LogP) is 2.02. The number of piperidine rings is 1. The first kappa shape index (κ1) is 14.6. The number of carbonyl (C=O) groups is 1. The summed E-state index contributed by atoms with van der Waals surface area (Å²) in [7, 11) is 0. The number of likely N-dealkylation sites (tertiary alicyclic amines) is 1. The third kappa shape index (κ3) is 2.84. The van der Waals surface area contributed by atoms with Crippen molar-refractivity contribution in [2.24, 2.45) is 5.92 Å². The number of amides is 1. The van der Waals surface area contributed by atoms with Crippen molar-refractivity contribution in [3.05, 3.63) is 17.5 Å². The maximum absolute atomic E-state index is 12.7. The molecule has 1 aromatic heterocycles. The first-order valence-electron chi connectivity index (χ1n) is 7.97. The van der Waals surface area contributed by atoms with Crippen LogP contribution in [0.25, 0.3) is 0 Å². The molecule has 2 fully saturated rings. The number of aromatic nitrogens is 2. The van der Waals surface area contributed by atoms with E-state index in [-0.39, 0.29) is 11.3 Å². The van der Waals surface area contributed by atoms with Crippen molar-refractivity contribution in [1.29, 1.82) is 0 Å². The Morgan fingerprint density at radius 3 is 2.90 bits per heavy atom.